The summed E-state index contributed by atoms with van der Waals surface area (Å²) >= 11 is 1.52. The molecule has 2 aromatic rings. The molecule has 1 saturated carbocycles. The van der Waals surface area contributed by atoms with Crippen molar-refractivity contribution in [1.29, 1.82) is 0 Å². The molecule has 6 heteroatoms. The van der Waals surface area contributed by atoms with Gasteiger partial charge in [-0.1, -0.05) is 20.3 Å². The van der Waals surface area contributed by atoms with Crippen LogP contribution in [0, 0.1) is 5.92 Å². The number of thiophene rings is 1. The number of fused-ring (bicyclic) bond motifs is 1. The Balaban J connectivity index is 1.60. The first-order chi connectivity index (χ1) is 11.5. The van der Waals surface area contributed by atoms with E-state index in [-0.39, 0.29) is 17.4 Å². The van der Waals surface area contributed by atoms with Gasteiger partial charge in [-0.2, -0.15) is 0 Å². The maximum Gasteiger partial charge on any atom is 0.259 e. The van der Waals surface area contributed by atoms with E-state index in [1.54, 1.807) is 0 Å². The van der Waals surface area contributed by atoms with E-state index in [1.165, 1.54) is 30.6 Å². The highest BCUT2D eigenvalue weighted by molar-refractivity contribution is 7.16. The standard InChI is InChI=1S/C18H23N3O2S/c1-10(2)13-9-24-18-15(13)17(23)19-16(20-18)12-6-14(22)21(8-12)7-11-4-3-5-11/h9-12H,3-8H2,1-2H3,(H,19,20,23). The average Bonchev–Trinajstić information content (AvgIpc) is 3.07. The van der Waals surface area contributed by atoms with Crippen LogP contribution in [0.5, 0.6) is 0 Å². The van der Waals surface area contributed by atoms with E-state index in [2.05, 4.69) is 23.8 Å². The van der Waals surface area contributed by atoms with Crippen LogP contribution in [0.15, 0.2) is 10.2 Å². The SMILES string of the molecule is CC(C)c1csc2nc(C3CC(=O)N(CC4CCC4)C3)[nH]c(=O)c12. The van der Waals surface area contributed by atoms with E-state index in [4.69, 9.17) is 0 Å². The number of hydrogen-bond donors (Lipinski definition) is 1. The van der Waals surface area contributed by atoms with Crippen LogP contribution in [0.25, 0.3) is 10.2 Å². The number of H-pyrrole nitrogens is 1. The van der Waals surface area contributed by atoms with Crippen molar-refractivity contribution in [3.8, 4) is 0 Å². The first kappa shape index (κ1) is 15.8. The molecule has 1 aliphatic carbocycles. The number of hydrogen-bond acceptors (Lipinski definition) is 4. The number of carbonyl (C=O) groups is 1. The van der Waals surface area contributed by atoms with E-state index in [0.717, 1.165) is 22.3 Å². The fraction of sp³-hybridized carbons (Fsp3) is 0.611. The van der Waals surface area contributed by atoms with Crippen LogP contribution in [0.4, 0.5) is 0 Å². The highest BCUT2D eigenvalue weighted by atomic mass is 32.1. The summed E-state index contributed by atoms with van der Waals surface area (Å²) in [4.78, 5) is 35.2. The fourth-order valence-corrected chi connectivity index (χ4v) is 4.83. The zero-order chi connectivity index (χ0) is 16.8. The summed E-state index contributed by atoms with van der Waals surface area (Å²) < 4.78 is 0. The molecule has 5 nitrogen and oxygen atoms in total. The molecular weight excluding hydrogens is 322 g/mol. The molecule has 128 valence electrons. The van der Waals surface area contributed by atoms with Gasteiger partial charge in [-0.3, -0.25) is 9.59 Å². The molecule has 3 heterocycles. The Morgan fingerprint density at radius 1 is 1.38 bits per heavy atom. The molecule has 2 aliphatic rings. The molecule has 1 saturated heterocycles. The topological polar surface area (TPSA) is 66.1 Å². The van der Waals surface area contributed by atoms with Gasteiger partial charge in [0.05, 0.1) is 5.39 Å². The number of amides is 1. The normalized spacial score (nSPS) is 21.9. The highest BCUT2D eigenvalue weighted by Gasteiger charge is 2.34. The largest absolute Gasteiger partial charge is 0.342 e. The van der Waals surface area contributed by atoms with Crippen molar-refractivity contribution in [1.82, 2.24) is 14.9 Å². The molecule has 1 N–H and O–H groups in total. The van der Waals surface area contributed by atoms with Gasteiger partial charge in [0.25, 0.3) is 5.56 Å². The van der Waals surface area contributed by atoms with Crippen LogP contribution in [-0.4, -0.2) is 33.9 Å². The van der Waals surface area contributed by atoms with E-state index in [0.29, 0.717) is 30.6 Å². The van der Waals surface area contributed by atoms with Crippen molar-refractivity contribution >= 4 is 27.5 Å². The van der Waals surface area contributed by atoms with Crippen molar-refractivity contribution in [3.63, 3.8) is 0 Å². The number of rotatable bonds is 4. The maximum absolute atomic E-state index is 12.6. The third-order valence-electron chi connectivity index (χ3n) is 5.42. The Bertz CT molecular complexity index is 834. The summed E-state index contributed by atoms with van der Waals surface area (Å²) in [7, 11) is 0. The second kappa shape index (κ2) is 5.99. The van der Waals surface area contributed by atoms with E-state index >= 15 is 0 Å². The summed E-state index contributed by atoms with van der Waals surface area (Å²) in [6, 6.07) is 0. The van der Waals surface area contributed by atoms with Gasteiger partial charge in [0, 0.05) is 25.4 Å². The summed E-state index contributed by atoms with van der Waals surface area (Å²) in [5, 5.41) is 2.75. The molecule has 2 aromatic heterocycles. The van der Waals surface area contributed by atoms with Crippen molar-refractivity contribution in [2.75, 3.05) is 13.1 Å². The second-order valence-electron chi connectivity index (χ2n) is 7.47. The van der Waals surface area contributed by atoms with Gasteiger partial charge in [0.1, 0.15) is 10.7 Å². The van der Waals surface area contributed by atoms with Crippen molar-refractivity contribution < 1.29 is 4.79 Å². The van der Waals surface area contributed by atoms with E-state index < -0.39 is 0 Å². The number of aromatic amines is 1. The molecule has 2 fully saturated rings. The molecule has 4 rings (SSSR count). The number of carbonyl (C=O) groups excluding carboxylic acids is 1. The smallest absolute Gasteiger partial charge is 0.259 e. The predicted molar refractivity (Wildman–Crippen MR) is 95.6 cm³/mol. The Morgan fingerprint density at radius 2 is 2.17 bits per heavy atom. The van der Waals surface area contributed by atoms with Crippen LogP contribution < -0.4 is 5.56 Å². The van der Waals surface area contributed by atoms with Gasteiger partial charge in [0.2, 0.25) is 5.91 Å². The molecule has 1 atom stereocenters. The van der Waals surface area contributed by atoms with Crippen molar-refractivity contribution in [2.45, 2.75) is 51.4 Å². The molecule has 0 spiro atoms. The molecule has 1 unspecified atom stereocenters. The maximum atomic E-state index is 12.6. The molecule has 0 aromatic carbocycles. The summed E-state index contributed by atoms with van der Waals surface area (Å²) in [6.07, 6.45) is 4.23. The van der Waals surface area contributed by atoms with Gasteiger partial charge in [-0.25, -0.2) is 4.98 Å². The molecular formula is C18H23N3O2S. The number of nitrogens with zero attached hydrogens (tertiary/aromatic N) is 2. The monoisotopic (exact) mass is 345 g/mol. The van der Waals surface area contributed by atoms with Crippen LogP contribution in [0.2, 0.25) is 0 Å². The number of aromatic nitrogens is 2. The van der Waals surface area contributed by atoms with Crippen LogP contribution in [-0.2, 0) is 4.79 Å². The lowest BCUT2D eigenvalue weighted by Gasteiger charge is -2.30. The quantitative estimate of drug-likeness (QED) is 0.925. The highest BCUT2D eigenvalue weighted by Crippen LogP contribution is 2.33. The van der Waals surface area contributed by atoms with Gasteiger partial charge >= 0.3 is 0 Å². The lowest BCUT2D eigenvalue weighted by atomic mass is 9.85. The first-order valence-electron chi connectivity index (χ1n) is 8.82. The molecule has 0 radical (unpaired) electrons. The minimum atomic E-state index is -0.0650. The average molecular weight is 345 g/mol. The molecule has 1 aliphatic heterocycles. The first-order valence-corrected chi connectivity index (χ1v) is 9.70. The Labute approximate surface area is 145 Å². The molecule has 0 bridgehead atoms. The van der Waals surface area contributed by atoms with Gasteiger partial charge in [-0.15, -0.1) is 11.3 Å². The van der Waals surface area contributed by atoms with E-state index in [1.807, 2.05) is 10.3 Å². The Morgan fingerprint density at radius 3 is 2.83 bits per heavy atom. The fourth-order valence-electron chi connectivity index (χ4n) is 3.72. The van der Waals surface area contributed by atoms with Crippen molar-refractivity contribution in [3.05, 3.63) is 27.1 Å². The zero-order valence-electron chi connectivity index (χ0n) is 14.2. The third-order valence-corrected chi connectivity index (χ3v) is 6.31. The van der Waals surface area contributed by atoms with Crippen LogP contribution in [0.1, 0.15) is 62.8 Å². The van der Waals surface area contributed by atoms with E-state index in [9.17, 15) is 9.59 Å². The minimum Gasteiger partial charge on any atom is -0.342 e. The number of likely N-dealkylation sites (tertiary alicyclic amines) is 1. The van der Waals surface area contributed by atoms with Crippen LogP contribution >= 0.6 is 11.3 Å². The summed E-state index contributed by atoms with van der Waals surface area (Å²) in [5.74, 6) is 1.86. The predicted octanol–water partition coefficient (Wildman–Crippen LogP) is 3.22. The number of nitrogens with one attached hydrogen (secondary N) is 1. The van der Waals surface area contributed by atoms with Gasteiger partial charge in [-0.05, 0) is 35.6 Å². The Kier molecular flexibility index (Phi) is 3.95. The van der Waals surface area contributed by atoms with Gasteiger partial charge in [0.15, 0.2) is 0 Å². The van der Waals surface area contributed by atoms with Crippen molar-refractivity contribution in [2.24, 2.45) is 5.92 Å². The minimum absolute atomic E-state index is 0.0132. The van der Waals surface area contributed by atoms with Crippen LogP contribution in [0.3, 0.4) is 0 Å². The zero-order valence-corrected chi connectivity index (χ0v) is 15.0. The third kappa shape index (κ3) is 2.66. The van der Waals surface area contributed by atoms with Gasteiger partial charge < -0.3 is 9.88 Å². The molecule has 24 heavy (non-hydrogen) atoms. The second-order valence-corrected chi connectivity index (χ2v) is 8.33. The lowest BCUT2D eigenvalue weighted by Crippen LogP contribution is -2.33. The Hall–Kier alpha value is -1.69. The molecule has 1 amide bonds. The summed E-state index contributed by atoms with van der Waals surface area (Å²) in [5.41, 5.74) is 0.995. The lowest BCUT2D eigenvalue weighted by molar-refractivity contribution is -0.128. The summed E-state index contributed by atoms with van der Waals surface area (Å²) in [6.45, 7) is 5.73.